The molecule has 4 rings (SSSR count). The van der Waals surface area contributed by atoms with Crippen molar-refractivity contribution in [2.45, 2.75) is 43.7 Å². The highest BCUT2D eigenvalue weighted by molar-refractivity contribution is 7.89. The highest BCUT2D eigenvalue weighted by atomic mass is 35.5. The molecular weight excluding hydrogens is 590 g/mol. The number of halogens is 1. The molecule has 41 heavy (non-hydrogen) atoms. The molecule has 2 aliphatic heterocycles. The van der Waals surface area contributed by atoms with Crippen molar-refractivity contribution in [3.63, 3.8) is 0 Å². The average molecular weight is 626 g/mol. The zero-order chi connectivity index (χ0) is 29.7. The molecule has 2 fully saturated rings. The van der Waals surface area contributed by atoms with Gasteiger partial charge in [-0.2, -0.15) is 4.72 Å². The SMILES string of the molecule is CC(=O)OC[C@@H]1CCCN1c1cccc(S(=O)(=O)N[C@@H](CNC(=O)c2ccc(Cl)s2)C(=O)N2CCN(C)CC2)c1C. The molecule has 2 amide bonds. The second kappa shape index (κ2) is 13.5. The first-order valence-corrected chi connectivity index (χ1v) is 16.2. The summed E-state index contributed by atoms with van der Waals surface area (Å²) in [6, 6.07) is 6.92. The number of hydrogen-bond donors (Lipinski definition) is 2. The fraction of sp³-hybridized carbons (Fsp3) is 0.519. The van der Waals surface area contributed by atoms with Crippen molar-refractivity contribution in [2.75, 3.05) is 57.8 Å². The molecule has 1 aromatic heterocycles. The summed E-state index contributed by atoms with van der Waals surface area (Å²) in [5.41, 5.74) is 1.25. The van der Waals surface area contributed by atoms with Crippen molar-refractivity contribution in [1.29, 1.82) is 0 Å². The van der Waals surface area contributed by atoms with Gasteiger partial charge in [0.05, 0.1) is 20.2 Å². The third-order valence-corrected chi connectivity index (χ3v) is 10.2. The molecule has 2 aromatic rings. The summed E-state index contributed by atoms with van der Waals surface area (Å²) >= 11 is 7.05. The maximum atomic E-state index is 13.8. The summed E-state index contributed by atoms with van der Waals surface area (Å²) in [5, 5.41) is 2.69. The van der Waals surface area contributed by atoms with Crippen LogP contribution in [0.5, 0.6) is 0 Å². The van der Waals surface area contributed by atoms with E-state index in [0.717, 1.165) is 29.9 Å². The van der Waals surface area contributed by atoms with Crippen molar-refractivity contribution in [3.05, 3.63) is 45.1 Å². The van der Waals surface area contributed by atoms with Crippen LogP contribution in [-0.4, -0.2) is 101 Å². The Bertz CT molecular complexity index is 1380. The highest BCUT2D eigenvalue weighted by Crippen LogP contribution is 2.32. The third kappa shape index (κ3) is 7.77. The van der Waals surface area contributed by atoms with Gasteiger partial charge in [-0.15, -0.1) is 11.3 Å². The summed E-state index contributed by atoms with van der Waals surface area (Å²) in [5.74, 6) is -1.20. The molecule has 2 N–H and O–H groups in total. The minimum atomic E-state index is -4.18. The Labute approximate surface area is 249 Å². The number of likely N-dealkylation sites (N-methyl/N-ethyl adjacent to an activating group) is 1. The van der Waals surface area contributed by atoms with Crippen molar-refractivity contribution in [2.24, 2.45) is 0 Å². The number of nitrogens with zero attached hydrogens (tertiary/aromatic N) is 3. The van der Waals surface area contributed by atoms with Crippen LogP contribution in [0, 0.1) is 6.92 Å². The topological polar surface area (TPSA) is 128 Å². The zero-order valence-corrected chi connectivity index (χ0v) is 25.8. The van der Waals surface area contributed by atoms with Crippen LogP contribution in [0.4, 0.5) is 5.69 Å². The molecule has 0 saturated carbocycles. The first-order chi connectivity index (χ1) is 19.5. The van der Waals surface area contributed by atoms with Crippen LogP contribution in [0.1, 0.15) is 35.0 Å². The average Bonchev–Trinajstić information content (AvgIpc) is 3.58. The number of anilines is 1. The number of piperazine rings is 1. The summed E-state index contributed by atoms with van der Waals surface area (Å²) in [6.07, 6.45) is 1.70. The van der Waals surface area contributed by atoms with Crippen LogP contribution in [-0.2, 0) is 24.3 Å². The van der Waals surface area contributed by atoms with Gasteiger partial charge in [0.1, 0.15) is 12.6 Å². The van der Waals surface area contributed by atoms with Gasteiger partial charge >= 0.3 is 5.97 Å². The Balaban J connectivity index is 1.56. The fourth-order valence-electron chi connectivity index (χ4n) is 5.14. The number of carbonyl (C=O) groups is 3. The predicted octanol–water partition coefficient (Wildman–Crippen LogP) is 2.09. The van der Waals surface area contributed by atoms with Crippen molar-refractivity contribution in [3.8, 4) is 0 Å². The van der Waals surface area contributed by atoms with E-state index < -0.39 is 27.9 Å². The van der Waals surface area contributed by atoms with Gasteiger partial charge in [-0.3, -0.25) is 14.4 Å². The molecule has 2 aliphatic rings. The molecule has 2 atom stereocenters. The van der Waals surface area contributed by atoms with E-state index in [4.69, 9.17) is 16.3 Å². The number of sulfonamides is 1. The minimum absolute atomic E-state index is 0.0423. The molecule has 0 radical (unpaired) electrons. The molecule has 0 bridgehead atoms. The molecule has 0 spiro atoms. The minimum Gasteiger partial charge on any atom is -0.464 e. The lowest BCUT2D eigenvalue weighted by Crippen LogP contribution is -2.57. The smallest absolute Gasteiger partial charge is 0.302 e. The number of ether oxygens (including phenoxy) is 1. The van der Waals surface area contributed by atoms with E-state index in [2.05, 4.69) is 19.8 Å². The number of carbonyl (C=O) groups excluding carboxylic acids is 3. The van der Waals surface area contributed by atoms with E-state index in [9.17, 15) is 22.8 Å². The maximum Gasteiger partial charge on any atom is 0.302 e. The van der Waals surface area contributed by atoms with E-state index in [1.807, 2.05) is 13.1 Å². The lowest BCUT2D eigenvalue weighted by Gasteiger charge is -2.35. The van der Waals surface area contributed by atoms with Crippen LogP contribution in [0.25, 0.3) is 0 Å². The Hall–Kier alpha value is -2.71. The molecule has 0 aliphatic carbocycles. The van der Waals surface area contributed by atoms with Crippen molar-refractivity contribution < 1.29 is 27.5 Å². The van der Waals surface area contributed by atoms with Crippen LogP contribution >= 0.6 is 22.9 Å². The highest BCUT2D eigenvalue weighted by Gasteiger charge is 2.33. The number of benzene rings is 1. The van der Waals surface area contributed by atoms with Gasteiger partial charge < -0.3 is 24.8 Å². The Kier molecular flexibility index (Phi) is 10.3. The van der Waals surface area contributed by atoms with Gasteiger partial charge in [-0.1, -0.05) is 17.7 Å². The van der Waals surface area contributed by atoms with Crippen LogP contribution in [0.3, 0.4) is 0 Å². The predicted molar refractivity (Wildman–Crippen MR) is 158 cm³/mol. The van der Waals surface area contributed by atoms with Gasteiger partial charge in [-0.25, -0.2) is 8.42 Å². The monoisotopic (exact) mass is 625 g/mol. The lowest BCUT2D eigenvalue weighted by molar-refractivity contribution is -0.141. The van der Waals surface area contributed by atoms with E-state index in [1.165, 1.54) is 13.0 Å². The second-order valence-electron chi connectivity index (χ2n) is 10.3. The lowest BCUT2D eigenvalue weighted by atomic mass is 10.1. The van der Waals surface area contributed by atoms with Gasteiger partial charge in [0.15, 0.2) is 0 Å². The summed E-state index contributed by atoms with van der Waals surface area (Å²) < 4.78 is 35.8. The number of hydrogen-bond acceptors (Lipinski definition) is 9. The molecular formula is C27H36ClN5O6S2. The third-order valence-electron chi connectivity index (χ3n) is 7.38. The number of rotatable bonds is 10. The number of thiophene rings is 1. The van der Waals surface area contributed by atoms with Crippen LogP contribution in [0.15, 0.2) is 35.2 Å². The molecule has 3 heterocycles. The van der Waals surface area contributed by atoms with Crippen molar-refractivity contribution >= 4 is 56.4 Å². The normalized spacial score (nSPS) is 18.8. The molecule has 14 heteroatoms. The number of esters is 1. The fourth-order valence-corrected chi connectivity index (χ4v) is 7.55. The molecule has 2 saturated heterocycles. The molecule has 1 aromatic carbocycles. The first-order valence-electron chi connectivity index (χ1n) is 13.5. The van der Waals surface area contributed by atoms with E-state index in [-0.39, 0.29) is 30.1 Å². The van der Waals surface area contributed by atoms with E-state index in [1.54, 1.807) is 30.0 Å². The number of nitrogens with one attached hydrogen (secondary N) is 2. The standard InChI is InChI=1S/C27H36ClN5O6S2/c1-18-22(33-11-5-6-20(33)17-39-19(2)34)7-4-8-24(18)41(37,38)30-21(27(36)32-14-12-31(3)13-15-32)16-29-26(35)23-9-10-25(28)40-23/h4,7-10,20-21,30H,5-6,11-17H2,1-3H3,(H,29,35)/t20-,21-/m0/s1. The van der Waals surface area contributed by atoms with E-state index in [0.29, 0.717) is 47.5 Å². The summed E-state index contributed by atoms with van der Waals surface area (Å²) in [7, 11) is -2.22. The van der Waals surface area contributed by atoms with Crippen molar-refractivity contribution in [1.82, 2.24) is 19.8 Å². The zero-order valence-electron chi connectivity index (χ0n) is 23.4. The van der Waals surface area contributed by atoms with Crippen LogP contribution < -0.4 is 14.9 Å². The Morgan fingerprint density at radius 1 is 1.12 bits per heavy atom. The van der Waals surface area contributed by atoms with Gasteiger partial charge in [0.2, 0.25) is 15.9 Å². The molecule has 0 unspecified atom stereocenters. The van der Waals surface area contributed by atoms with Gasteiger partial charge in [0, 0.05) is 51.9 Å². The summed E-state index contributed by atoms with van der Waals surface area (Å²) in [4.78, 5) is 43.8. The maximum absolute atomic E-state index is 13.8. The second-order valence-corrected chi connectivity index (χ2v) is 13.7. The molecule has 224 valence electrons. The first kappa shape index (κ1) is 31.2. The number of amides is 2. The van der Waals surface area contributed by atoms with E-state index >= 15 is 0 Å². The Morgan fingerprint density at radius 2 is 1.85 bits per heavy atom. The van der Waals surface area contributed by atoms with Gasteiger partial charge in [-0.05, 0) is 56.6 Å². The Morgan fingerprint density at radius 3 is 2.51 bits per heavy atom. The van der Waals surface area contributed by atoms with Crippen LogP contribution in [0.2, 0.25) is 4.34 Å². The van der Waals surface area contributed by atoms with Gasteiger partial charge in [0.25, 0.3) is 5.91 Å². The summed E-state index contributed by atoms with van der Waals surface area (Å²) in [6.45, 7) is 6.02. The molecule has 11 nitrogen and oxygen atoms in total. The quantitative estimate of drug-likeness (QED) is 0.384. The largest absolute Gasteiger partial charge is 0.464 e.